The molecule has 0 saturated carbocycles. The number of fused-ring (bicyclic) bond motifs is 1. The molecule has 3 N–H and O–H groups in total. The third-order valence-corrected chi connectivity index (χ3v) is 5.73. The highest BCUT2D eigenvalue weighted by molar-refractivity contribution is 5.95. The molecule has 3 heterocycles. The van der Waals surface area contributed by atoms with Gasteiger partial charge in [0.25, 0.3) is 5.91 Å². The molecule has 10 heteroatoms. The Labute approximate surface area is 200 Å². The van der Waals surface area contributed by atoms with Crippen LogP contribution in [0.4, 0.5) is 10.1 Å². The first-order valence-corrected chi connectivity index (χ1v) is 11.1. The molecule has 0 unspecified atom stereocenters. The number of rotatable bonds is 8. The number of aromatic nitrogens is 4. The van der Waals surface area contributed by atoms with Crippen molar-refractivity contribution < 1.29 is 19.0 Å². The Morgan fingerprint density at radius 1 is 1.14 bits per heavy atom. The van der Waals surface area contributed by atoms with Crippen LogP contribution in [0.25, 0.3) is 11.4 Å². The smallest absolute Gasteiger partial charge is 0.251 e. The van der Waals surface area contributed by atoms with Gasteiger partial charge in [-0.15, -0.1) is 10.2 Å². The monoisotopic (exact) mass is 474 g/mol. The lowest BCUT2D eigenvalue weighted by molar-refractivity contribution is 0.0930. The van der Waals surface area contributed by atoms with Crippen molar-refractivity contribution in [3.63, 3.8) is 0 Å². The summed E-state index contributed by atoms with van der Waals surface area (Å²) in [7, 11) is 0. The van der Waals surface area contributed by atoms with E-state index < -0.39 is 0 Å². The van der Waals surface area contributed by atoms with Gasteiger partial charge in [-0.25, -0.2) is 4.39 Å². The molecule has 2 aromatic heterocycles. The second kappa shape index (κ2) is 9.90. The number of nitrogens with zero attached hydrogens (tertiary/aromatic N) is 4. The molecule has 4 aromatic rings. The maximum absolute atomic E-state index is 13.4. The van der Waals surface area contributed by atoms with Crippen molar-refractivity contribution >= 4 is 11.6 Å². The average Bonchev–Trinajstić information content (AvgIpc) is 3.47. The summed E-state index contributed by atoms with van der Waals surface area (Å²) in [6.07, 6.45) is 3.35. The molecular formula is C25H23FN6O3. The molecule has 0 saturated heterocycles. The van der Waals surface area contributed by atoms with Crippen molar-refractivity contribution in [1.29, 1.82) is 0 Å². The van der Waals surface area contributed by atoms with E-state index in [1.165, 1.54) is 12.1 Å². The van der Waals surface area contributed by atoms with Crippen LogP contribution in [-0.4, -0.2) is 44.0 Å². The summed E-state index contributed by atoms with van der Waals surface area (Å²) in [4.78, 5) is 16.9. The number of pyridine rings is 1. The maximum Gasteiger partial charge on any atom is 0.251 e. The number of amides is 1. The van der Waals surface area contributed by atoms with Gasteiger partial charge in [0.05, 0.1) is 19.2 Å². The molecule has 0 bridgehead atoms. The van der Waals surface area contributed by atoms with E-state index in [0.717, 1.165) is 16.8 Å². The summed E-state index contributed by atoms with van der Waals surface area (Å²) in [5, 5.41) is 24.3. The minimum Gasteiger partial charge on any atom is -0.491 e. The molecule has 9 nitrogen and oxygen atoms in total. The molecule has 0 spiro atoms. The van der Waals surface area contributed by atoms with Crippen molar-refractivity contribution in [2.45, 2.75) is 19.1 Å². The molecule has 5 rings (SSSR count). The van der Waals surface area contributed by atoms with Crippen molar-refractivity contribution in [1.82, 2.24) is 25.1 Å². The molecule has 2 aromatic carbocycles. The Morgan fingerprint density at radius 2 is 2.00 bits per heavy atom. The van der Waals surface area contributed by atoms with Crippen molar-refractivity contribution in [3.8, 4) is 17.1 Å². The van der Waals surface area contributed by atoms with Gasteiger partial charge in [0.2, 0.25) is 0 Å². The standard InChI is InChI=1S/C25H23FN6O3/c26-18-4-5-20-21(15-35-22(20)13-18)29-25(34)17-2-1-3-19(12-17)28-14-23-30-31-24(32(23)10-11-33)16-6-8-27-9-7-16/h1-9,12-13,21,28,33H,10-11,14-15H2,(H,29,34)/t21-/m1/s1. The molecule has 1 aliphatic heterocycles. The summed E-state index contributed by atoms with van der Waals surface area (Å²) in [5.41, 5.74) is 2.81. The van der Waals surface area contributed by atoms with Gasteiger partial charge >= 0.3 is 0 Å². The van der Waals surface area contributed by atoms with E-state index in [9.17, 15) is 14.3 Å². The Kier molecular flexibility index (Phi) is 6.36. The first-order valence-electron chi connectivity index (χ1n) is 11.1. The normalized spacial score (nSPS) is 14.3. The van der Waals surface area contributed by atoms with E-state index in [1.807, 2.05) is 22.8 Å². The van der Waals surface area contributed by atoms with E-state index in [4.69, 9.17) is 4.74 Å². The fraction of sp³-hybridized carbons (Fsp3) is 0.200. The van der Waals surface area contributed by atoms with Crippen LogP contribution in [0, 0.1) is 5.82 Å². The first-order chi connectivity index (χ1) is 17.1. The summed E-state index contributed by atoms with van der Waals surface area (Å²) in [5.74, 6) is 1.10. The number of aliphatic hydroxyl groups is 1. The number of ether oxygens (including phenoxy) is 1. The number of halogens is 1. The lowest BCUT2D eigenvalue weighted by Crippen LogP contribution is -2.29. The molecule has 1 atom stereocenters. The lowest BCUT2D eigenvalue weighted by atomic mass is 10.1. The lowest BCUT2D eigenvalue weighted by Gasteiger charge is -2.13. The van der Waals surface area contributed by atoms with E-state index >= 15 is 0 Å². The summed E-state index contributed by atoms with van der Waals surface area (Å²) in [6.45, 7) is 0.889. The van der Waals surface area contributed by atoms with Crippen molar-refractivity contribution in [3.05, 3.63) is 89.8 Å². The number of aliphatic hydroxyl groups excluding tert-OH is 1. The Hall–Kier alpha value is -4.31. The maximum atomic E-state index is 13.4. The van der Waals surface area contributed by atoms with Crippen LogP contribution < -0.4 is 15.4 Å². The van der Waals surface area contributed by atoms with Crippen LogP contribution in [0.5, 0.6) is 5.75 Å². The Morgan fingerprint density at radius 3 is 2.83 bits per heavy atom. The van der Waals surface area contributed by atoms with Gasteiger partial charge in [-0.2, -0.15) is 0 Å². The zero-order chi connectivity index (χ0) is 24.2. The van der Waals surface area contributed by atoms with Gasteiger partial charge in [-0.05, 0) is 36.4 Å². The minimum absolute atomic E-state index is 0.0561. The van der Waals surface area contributed by atoms with E-state index in [2.05, 4.69) is 25.8 Å². The third kappa shape index (κ3) is 4.82. The van der Waals surface area contributed by atoms with E-state index in [-0.39, 0.29) is 31.0 Å². The molecule has 0 fully saturated rings. The van der Waals surface area contributed by atoms with Crippen molar-refractivity contribution in [2.75, 3.05) is 18.5 Å². The number of nitrogens with one attached hydrogen (secondary N) is 2. The number of hydrogen-bond acceptors (Lipinski definition) is 7. The molecule has 0 aliphatic carbocycles. The van der Waals surface area contributed by atoms with Crippen molar-refractivity contribution in [2.24, 2.45) is 0 Å². The summed E-state index contributed by atoms with van der Waals surface area (Å²) >= 11 is 0. The highest BCUT2D eigenvalue weighted by atomic mass is 19.1. The molecule has 178 valence electrons. The quantitative estimate of drug-likeness (QED) is 0.360. The summed E-state index contributed by atoms with van der Waals surface area (Å²) < 4.78 is 20.8. The van der Waals surface area contributed by atoms with Crippen LogP contribution in [0.3, 0.4) is 0 Å². The predicted octanol–water partition coefficient (Wildman–Crippen LogP) is 2.95. The molecule has 0 radical (unpaired) electrons. The number of carbonyl (C=O) groups excluding carboxylic acids is 1. The molecule has 1 aliphatic rings. The first kappa shape index (κ1) is 22.5. The number of benzene rings is 2. The molecular weight excluding hydrogens is 451 g/mol. The van der Waals surface area contributed by atoms with E-state index in [1.54, 1.807) is 36.7 Å². The van der Waals surface area contributed by atoms with Crippen LogP contribution in [0.1, 0.15) is 27.8 Å². The number of anilines is 1. The highest BCUT2D eigenvalue weighted by Gasteiger charge is 2.26. The number of carbonyl (C=O) groups is 1. The van der Waals surface area contributed by atoms with E-state index in [0.29, 0.717) is 36.1 Å². The predicted molar refractivity (Wildman–Crippen MR) is 126 cm³/mol. The van der Waals surface area contributed by atoms with Gasteiger partial charge in [-0.3, -0.25) is 9.78 Å². The summed E-state index contributed by atoms with van der Waals surface area (Å²) in [6, 6.07) is 14.7. The van der Waals surface area contributed by atoms with Crippen LogP contribution >= 0.6 is 0 Å². The van der Waals surface area contributed by atoms with Gasteiger partial charge in [0.15, 0.2) is 11.6 Å². The molecule has 35 heavy (non-hydrogen) atoms. The van der Waals surface area contributed by atoms with Crippen LogP contribution in [0.15, 0.2) is 67.0 Å². The SMILES string of the molecule is O=C(N[C@@H]1COc2cc(F)ccc21)c1cccc(NCc2nnc(-c3ccncc3)n2CCO)c1. The molecule has 1 amide bonds. The van der Waals surface area contributed by atoms with Gasteiger partial charge in [0.1, 0.15) is 18.2 Å². The third-order valence-electron chi connectivity index (χ3n) is 5.73. The second-order valence-electron chi connectivity index (χ2n) is 8.00. The fourth-order valence-electron chi connectivity index (χ4n) is 4.01. The Balaban J connectivity index is 1.27. The van der Waals surface area contributed by atoms with Crippen LogP contribution in [0.2, 0.25) is 0 Å². The van der Waals surface area contributed by atoms with Gasteiger partial charge in [-0.1, -0.05) is 12.1 Å². The van der Waals surface area contributed by atoms with Crippen LogP contribution in [-0.2, 0) is 13.1 Å². The van der Waals surface area contributed by atoms with Gasteiger partial charge < -0.3 is 25.0 Å². The topological polar surface area (TPSA) is 114 Å². The fourth-order valence-corrected chi connectivity index (χ4v) is 4.01. The average molecular weight is 474 g/mol. The highest BCUT2D eigenvalue weighted by Crippen LogP contribution is 2.33. The number of hydrogen-bond donors (Lipinski definition) is 3. The largest absolute Gasteiger partial charge is 0.491 e. The zero-order valence-electron chi connectivity index (χ0n) is 18.7. The second-order valence-corrected chi connectivity index (χ2v) is 8.00. The minimum atomic E-state index is -0.378. The van der Waals surface area contributed by atoms with Gasteiger partial charge in [0, 0.05) is 47.4 Å². The Bertz CT molecular complexity index is 1340. The zero-order valence-corrected chi connectivity index (χ0v) is 18.7.